The van der Waals surface area contributed by atoms with E-state index in [-0.39, 0.29) is 6.04 Å². The molecule has 0 spiro atoms. The van der Waals surface area contributed by atoms with Crippen molar-refractivity contribution in [3.05, 3.63) is 101 Å². The summed E-state index contributed by atoms with van der Waals surface area (Å²) in [4.78, 5) is 4.75. The molecule has 0 aliphatic heterocycles. The Kier molecular flexibility index (Phi) is 4.42. The van der Waals surface area contributed by atoms with Crippen LogP contribution in [0.1, 0.15) is 16.6 Å². The minimum atomic E-state index is -0.177. The zero-order valence-corrected chi connectivity index (χ0v) is 14.5. The molecule has 0 aliphatic carbocycles. The maximum atomic E-state index is 6.36. The van der Waals surface area contributed by atoms with Gasteiger partial charge in [0.2, 0.25) is 0 Å². The zero-order chi connectivity index (χ0) is 17.1. The lowest BCUT2D eigenvalue weighted by Crippen LogP contribution is -2.11. The molecule has 1 atom stereocenters. The van der Waals surface area contributed by atoms with Crippen LogP contribution in [0.5, 0.6) is 0 Å². The van der Waals surface area contributed by atoms with Crippen LogP contribution >= 0.6 is 11.3 Å². The summed E-state index contributed by atoms with van der Waals surface area (Å²) < 4.78 is 0. The van der Waals surface area contributed by atoms with E-state index in [1.807, 2.05) is 36.4 Å². The van der Waals surface area contributed by atoms with E-state index >= 15 is 0 Å². The highest BCUT2D eigenvalue weighted by atomic mass is 32.1. The van der Waals surface area contributed by atoms with Crippen LogP contribution in [0.15, 0.2) is 90.3 Å². The first kappa shape index (κ1) is 15.8. The van der Waals surface area contributed by atoms with Gasteiger partial charge >= 0.3 is 0 Å². The Hall–Kier alpha value is -2.75. The van der Waals surface area contributed by atoms with E-state index in [0.717, 1.165) is 21.8 Å². The van der Waals surface area contributed by atoms with Crippen LogP contribution in [0, 0.1) is 0 Å². The summed E-state index contributed by atoms with van der Waals surface area (Å²) >= 11 is 1.61. The van der Waals surface area contributed by atoms with Gasteiger partial charge in [-0.1, -0.05) is 84.9 Å². The van der Waals surface area contributed by atoms with Crippen molar-refractivity contribution in [2.24, 2.45) is 5.73 Å². The molecule has 0 radical (unpaired) electrons. The second-order valence-corrected chi connectivity index (χ2v) is 6.79. The lowest BCUT2D eigenvalue weighted by Gasteiger charge is -2.08. The minimum Gasteiger partial charge on any atom is -0.318 e. The van der Waals surface area contributed by atoms with Gasteiger partial charge in [-0.05, 0) is 16.7 Å². The summed E-state index contributed by atoms with van der Waals surface area (Å²) in [6.07, 6.45) is 0. The molecule has 0 aliphatic rings. The Bertz CT molecular complexity index is 944. The molecule has 4 aromatic rings. The van der Waals surface area contributed by atoms with Crippen molar-refractivity contribution in [1.29, 1.82) is 0 Å². The number of hydrogen-bond donors (Lipinski definition) is 1. The van der Waals surface area contributed by atoms with Gasteiger partial charge in [0.05, 0.1) is 11.7 Å². The Morgan fingerprint density at radius 2 is 1.24 bits per heavy atom. The lowest BCUT2D eigenvalue weighted by molar-refractivity contribution is 0.859. The molecule has 3 heteroatoms. The smallest absolute Gasteiger partial charge is 0.115 e. The van der Waals surface area contributed by atoms with Crippen molar-refractivity contribution in [1.82, 2.24) is 4.98 Å². The summed E-state index contributed by atoms with van der Waals surface area (Å²) in [5.41, 5.74) is 12.0. The lowest BCUT2D eigenvalue weighted by atomic mass is 10.0. The molecule has 2 N–H and O–H groups in total. The van der Waals surface area contributed by atoms with Crippen molar-refractivity contribution < 1.29 is 0 Å². The number of nitrogens with two attached hydrogens (primary N) is 1. The van der Waals surface area contributed by atoms with Crippen molar-refractivity contribution >= 4 is 11.3 Å². The molecule has 122 valence electrons. The summed E-state index contributed by atoms with van der Waals surface area (Å²) in [5.74, 6) is 0. The fourth-order valence-electron chi connectivity index (χ4n) is 2.83. The Balaban J connectivity index is 1.58. The van der Waals surface area contributed by atoms with E-state index in [9.17, 15) is 0 Å². The summed E-state index contributed by atoms with van der Waals surface area (Å²) in [6.45, 7) is 0. The SMILES string of the molecule is NC(c1ccccc1)c1nc(-c2ccc(-c3ccccc3)cc2)cs1. The van der Waals surface area contributed by atoms with Crippen LogP contribution in [-0.2, 0) is 0 Å². The van der Waals surface area contributed by atoms with Crippen LogP contribution in [0.4, 0.5) is 0 Å². The molecule has 0 saturated heterocycles. The standard InChI is InChI=1S/C22H18N2S/c23-21(19-9-5-2-6-10-19)22-24-20(15-25-22)18-13-11-17(12-14-18)16-7-3-1-4-8-16/h1-15,21H,23H2. The topological polar surface area (TPSA) is 38.9 Å². The molecule has 0 amide bonds. The average Bonchev–Trinajstić information content (AvgIpc) is 3.19. The normalized spacial score (nSPS) is 12.0. The van der Waals surface area contributed by atoms with E-state index < -0.39 is 0 Å². The van der Waals surface area contributed by atoms with Gasteiger partial charge in [-0.3, -0.25) is 0 Å². The monoisotopic (exact) mass is 342 g/mol. The van der Waals surface area contributed by atoms with Gasteiger partial charge < -0.3 is 5.73 Å². The summed E-state index contributed by atoms with van der Waals surface area (Å²) in [7, 11) is 0. The van der Waals surface area contributed by atoms with Gasteiger partial charge in [-0.25, -0.2) is 4.98 Å². The molecule has 1 unspecified atom stereocenters. The predicted molar refractivity (Wildman–Crippen MR) is 105 cm³/mol. The molecule has 0 bridgehead atoms. The highest BCUT2D eigenvalue weighted by Gasteiger charge is 2.13. The minimum absolute atomic E-state index is 0.177. The van der Waals surface area contributed by atoms with E-state index in [1.165, 1.54) is 11.1 Å². The third-order valence-corrected chi connectivity index (χ3v) is 5.16. The molecule has 25 heavy (non-hydrogen) atoms. The zero-order valence-electron chi connectivity index (χ0n) is 13.7. The van der Waals surface area contributed by atoms with Crippen molar-refractivity contribution in [2.75, 3.05) is 0 Å². The highest BCUT2D eigenvalue weighted by Crippen LogP contribution is 2.29. The first-order chi connectivity index (χ1) is 12.3. The van der Waals surface area contributed by atoms with Gasteiger partial charge in [-0.15, -0.1) is 11.3 Å². The summed E-state index contributed by atoms with van der Waals surface area (Å²) in [5, 5.41) is 3.02. The van der Waals surface area contributed by atoms with Crippen LogP contribution < -0.4 is 5.73 Å². The Morgan fingerprint density at radius 3 is 1.92 bits per heavy atom. The van der Waals surface area contributed by atoms with Gasteiger partial charge in [0.25, 0.3) is 0 Å². The molecule has 3 aromatic carbocycles. The fraction of sp³-hybridized carbons (Fsp3) is 0.0455. The van der Waals surface area contributed by atoms with Crippen molar-refractivity contribution in [3.63, 3.8) is 0 Å². The number of rotatable bonds is 4. The second-order valence-electron chi connectivity index (χ2n) is 5.90. The molecule has 1 aromatic heterocycles. The first-order valence-electron chi connectivity index (χ1n) is 8.23. The number of benzene rings is 3. The van der Waals surface area contributed by atoms with Gasteiger partial charge in [-0.2, -0.15) is 0 Å². The summed E-state index contributed by atoms with van der Waals surface area (Å²) in [6, 6.07) is 28.8. The van der Waals surface area contributed by atoms with Gasteiger partial charge in [0, 0.05) is 10.9 Å². The molecular formula is C22H18N2S. The van der Waals surface area contributed by atoms with Crippen LogP contribution in [0.25, 0.3) is 22.4 Å². The fourth-order valence-corrected chi connectivity index (χ4v) is 3.68. The van der Waals surface area contributed by atoms with E-state index in [2.05, 4.69) is 53.9 Å². The van der Waals surface area contributed by atoms with Gasteiger partial charge in [0.1, 0.15) is 5.01 Å². The average molecular weight is 342 g/mol. The maximum Gasteiger partial charge on any atom is 0.115 e. The Morgan fingerprint density at radius 1 is 0.680 bits per heavy atom. The number of hydrogen-bond acceptors (Lipinski definition) is 3. The van der Waals surface area contributed by atoms with Crippen LogP contribution in [-0.4, -0.2) is 4.98 Å². The Labute approximate surface area is 151 Å². The largest absolute Gasteiger partial charge is 0.318 e. The molecule has 4 rings (SSSR count). The van der Waals surface area contributed by atoms with Crippen LogP contribution in [0.2, 0.25) is 0 Å². The van der Waals surface area contributed by atoms with Gasteiger partial charge in [0.15, 0.2) is 0 Å². The molecular weight excluding hydrogens is 324 g/mol. The van der Waals surface area contributed by atoms with Crippen LogP contribution in [0.3, 0.4) is 0 Å². The van der Waals surface area contributed by atoms with E-state index in [0.29, 0.717) is 0 Å². The first-order valence-corrected chi connectivity index (χ1v) is 9.11. The second kappa shape index (κ2) is 7.01. The predicted octanol–water partition coefficient (Wildman–Crippen LogP) is 5.53. The molecule has 0 fully saturated rings. The number of thiazole rings is 1. The third-order valence-electron chi connectivity index (χ3n) is 4.23. The molecule has 1 heterocycles. The third kappa shape index (κ3) is 3.38. The number of nitrogens with zero attached hydrogens (tertiary/aromatic N) is 1. The maximum absolute atomic E-state index is 6.36. The van der Waals surface area contributed by atoms with Crippen molar-refractivity contribution in [3.8, 4) is 22.4 Å². The molecule has 2 nitrogen and oxygen atoms in total. The quantitative estimate of drug-likeness (QED) is 0.530. The highest BCUT2D eigenvalue weighted by molar-refractivity contribution is 7.10. The van der Waals surface area contributed by atoms with Crippen molar-refractivity contribution in [2.45, 2.75) is 6.04 Å². The van der Waals surface area contributed by atoms with E-state index in [4.69, 9.17) is 10.7 Å². The number of aromatic nitrogens is 1. The van der Waals surface area contributed by atoms with E-state index in [1.54, 1.807) is 11.3 Å². The molecule has 0 saturated carbocycles.